The van der Waals surface area contributed by atoms with Gasteiger partial charge in [-0.05, 0) is 37.5 Å². The summed E-state index contributed by atoms with van der Waals surface area (Å²) in [6, 6.07) is 6.44. The normalized spacial score (nSPS) is 12.9. The summed E-state index contributed by atoms with van der Waals surface area (Å²) < 4.78 is 41.6. The maximum atomic E-state index is 13.3. The fourth-order valence-corrected chi connectivity index (χ4v) is 3.63. The molecular formula is C22H24F3N3O3. The number of aliphatic hydroxyl groups excluding tert-OH is 1. The van der Waals surface area contributed by atoms with E-state index >= 15 is 0 Å². The van der Waals surface area contributed by atoms with E-state index in [0.717, 1.165) is 6.07 Å². The fraction of sp³-hybridized carbons (Fsp3) is 0.364. The largest absolute Gasteiger partial charge is 0.505 e. The number of carbonyl (C=O) groups is 1. The molecule has 3 aromatic rings. The van der Waals surface area contributed by atoms with E-state index in [1.54, 1.807) is 38.7 Å². The molecule has 0 spiro atoms. The number of phenols is 1. The van der Waals surface area contributed by atoms with Crippen molar-refractivity contribution < 1.29 is 28.2 Å². The Hall–Kier alpha value is -3.07. The van der Waals surface area contributed by atoms with Gasteiger partial charge in [0, 0.05) is 32.3 Å². The number of rotatable bonds is 5. The minimum Gasteiger partial charge on any atom is -0.505 e. The van der Waals surface area contributed by atoms with Crippen LogP contribution in [0.3, 0.4) is 0 Å². The number of aryl methyl sites for hydroxylation is 2. The van der Waals surface area contributed by atoms with Crippen molar-refractivity contribution in [1.29, 1.82) is 0 Å². The Morgan fingerprint density at radius 3 is 2.52 bits per heavy atom. The topological polar surface area (TPSA) is 78.6 Å². The average Bonchev–Trinajstić information content (AvgIpc) is 3.00. The van der Waals surface area contributed by atoms with Gasteiger partial charge in [-0.25, -0.2) is 4.98 Å². The highest BCUT2D eigenvalue weighted by atomic mass is 19.4. The quantitative estimate of drug-likeness (QED) is 0.636. The molecule has 0 saturated heterocycles. The van der Waals surface area contributed by atoms with Gasteiger partial charge in [0.05, 0.1) is 17.2 Å². The SMILES string of the molecule is Cc1nc2c(O)c(CCC(O)c3ccccc3C(F)(F)F)c(C(=O)N(C)C)cc2n1C. The van der Waals surface area contributed by atoms with Crippen molar-refractivity contribution in [2.24, 2.45) is 7.05 Å². The van der Waals surface area contributed by atoms with E-state index in [-0.39, 0.29) is 41.2 Å². The molecule has 0 saturated carbocycles. The van der Waals surface area contributed by atoms with Crippen LogP contribution in [0, 0.1) is 6.92 Å². The fourth-order valence-electron chi connectivity index (χ4n) is 3.63. The summed E-state index contributed by atoms with van der Waals surface area (Å²) in [5, 5.41) is 21.4. The summed E-state index contributed by atoms with van der Waals surface area (Å²) in [7, 11) is 4.89. The molecule has 6 nitrogen and oxygen atoms in total. The van der Waals surface area contributed by atoms with Crippen molar-refractivity contribution in [1.82, 2.24) is 14.5 Å². The standard InChI is InChI=1S/C22H24F3N3O3/c1-12-26-19-17(28(12)4)11-15(21(31)27(2)3)13(20(19)30)9-10-18(29)14-7-5-6-8-16(14)22(23,24)25/h5-8,11,18,29-30H,9-10H2,1-4H3. The van der Waals surface area contributed by atoms with E-state index in [1.165, 1.54) is 23.1 Å². The number of alkyl halides is 3. The van der Waals surface area contributed by atoms with Crippen molar-refractivity contribution in [3.8, 4) is 5.75 Å². The number of nitrogens with zero attached hydrogens (tertiary/aromatic N) is 3. The number of halogens is 3. The molecule has 3 rings (SSSR count). The van der Waals surface area contributed by atoms with Gasteiger partial charge in [0.15, 0.2) is 0 Å². The molecule has 0 radical (unpaired) electrons. The van der Waals surface area contributed by atoms with Crippen LogP contribution in [0.25, 0.3) is 11.0 Å². The maximum absolute atomic E-state index is 13.3. The molecule has 1 heterocycles. The summed E-state index contributed by atoms with van der Waals surface area (Å²) in [4.78, 5) is 18.4. The molecule has 1 unspecified atom stereocenters. The second-order valence-corrected chi connectivity index (χ2v) is 7.68. The van der Waals surface area contributed by atoms with Crippen LogP contribution in [0.1, 0.15) is 45.4 Å². The Morgan fingerprint density at radius 2 is 1.90 bits per heavy atom. The third kappa shape index (κ3) is 4.23. The lowest BCUT2D eigenvalue weighted by Crippen LogP contribution is -2.23. The van der Waals surface area contributed by atoms with Crippen LogP contribution in [0.15, 0.2) is 30.3 Å². The van der Waals surface area contributed by atoms with Crippen molar-refractivity contribution >= 4 is 16.9 Å². The Balaban J connectivity index is 2.03. The molecule has 1 amide bonds. The number of benzene rings is 2. The number of hydrogen-bond donors (Lipinski definition) is 2. The van der Waals surface area contributed by atoms with E-state index in [9.17, 15) is 28.2 Å². The Kier molecular flexibility index (Phi) is 6.00. The molecule has 2 N–H and O–H groups in total. The minimum absolute atomic E-state index is 0.0142. The van der Waals surface area contributed by atoms with Crippen LogP contribution in [0.4, 0.5) is 13.2 Å². The summed E-state index contributed by atoms with van der Waals surface area (Å²) in [6.07, 6.45) is -6.16. The monoisotopic (exact) mass is 435 g/mol. The van der Waals surface area contributed by atoms with Gasteiger partial charge >= 0.3 is 6.18 Å². The third-order valence-corrected chi connectivity index (χ3v) is 5.41. The van der Waals surface area contributed by atoms with Crippen LogP contribution >= 0.6 is 0 Å². The molecule has 0 bridgehead atoms. The van der Waals surface area contributed by atoms with Crippen LogP contribution in [0.5, 0.6) is 5.75 Å². The lowest BCUT2D eigenvalue weighted by Gasteiger charge is -2.19. The second kappa shape index (κ2) is 8.22. The number of fused-ring (bicyclic) bond motifs is 1. The molecule has 0 fully saturated rings. The predicted molar refractivity (Wildman–Crippen MR) is 110 cm³/mol. The van der Waals surface area contributed by atoms with E-state index in [4.69, 9.17) is 0 Å². The smallest absolute Gasteiger partial charge is 0.416 e. The zero-order valence-electron chi connectivity index (χ0n) is 17.7. The molecule has 166 valence electrons. The van der Waals surface area contributed by atoms with E-state index in [0.29, 0.717) is 16.9 Å². The highest BCUT2D eigenvalue weighted by Crippen LogP contribution is 2.37. The van der Waals surface area contributed by atoms with Crippen LogP contribution in [-0.2, 0) is 19.6 Å². The number of aromatic nitrogens is 2. The number of hydrogen-bond acceptors (Lipinski definition) is 4. The number of aliphatic hydroxyl groups is 1. The van der Waals surface area contributed by atoms with Gasteiger partial charge in [-0.3, -0.25) is 4.79 Å². The first-order valence-corrected chi connectivity index (χ1v) is 9.67. The van der Waals surface area contributed by atoms with E-state index < -0.39 is 17.8 Å². The van der Waals surface area contributed by atoms with Crippen molar-refractivity contribution in [2.75, 3.05) is 14.1 Å². The van der Waals surface area contributed by atoms with Gasteiger partial charge in [0.2, 0.25) is 0 Å². The van der Waals surface area contributed by atoms with Gasteiger partial charge in [-0.2, -0.15) is 13.2 Å². The Labute approximate surface area is 177 Å². The maximum Gasteiger partial charge on any atom is 0.416 e. The average molecular weight is 435 g/mol. The summed E-state index contributed by atoms with van der Waals surface area (Å²) in [5.41, 5.74) is 0.168. The minimum atomic E-state index is -4.60. The van der Waals surface area contributed by atoms with E-state index in [2.05, 4.69) is 4.98 Å². The zero-order valence-corrected chi connectivity index (χ0v) is 17.7. The Bertz CT molecular complexity index is 1140. The first-order valence-electron chi connectivity index (χ1n) is 9.67. The summed E-state index contributed by atoms with van der Waals surface area (Å²) >= 11 is 0. The van der Waals surface area contributed by atoms with Gasteiger partial charge in [0.1, 0.15) is 17.1 Å². The van der Waals surface area contributed by atoms with Crippen LogP contribution in [-0.4, -0.2) is 44.7 Å². The Morgan fingerprint density at radius 1 is 1.26 bits per heavy atom. The van der Waals surface area contributed by atoms with Crippen molar-refractivity contribution in [3.63, 3.8) is 0 Å². The van der Waals surface area contributed by atoms with Crippen LogP contribution in [0.2, 0.25) is 0 Å². The van der Waals surface area contributed by atoms with Crippen molar-refractivity contribution in [3.05, 3.63) is 58.4 Å². The number of imidazole rings is 1. The van der Waals surface area contributed by atoms with Gasteiger partial charge < -0.3 is 19.7 Å². The highest BCUT2D eigenvalue weighted by molar-refractivity contribution is 6.01. The van der Waals surface area contributed by atoms with Gasteiger partial charge in [-0.15, -0.1) is 0 Å². The third-order valence-electron chi connectivity index (χ3n) is 5.41. The van der Waals surface area contributed by atoms with Crippen molar-refractivity contribution in [2.45, 2.75) is 32.0 Å². The lowest BCUT2D eigenvalue weighted by molar-refractivity contribution is -0.139. The molecule has 1 aromatic heterocycles. The first kappa shape index (κ1) is 22.6. The number of carbonyl (C=O) groups excluding carboxylic acids is 1. The molecule has 1 atom stereocenters. The zero-order chi connectivity index (χ0) is 23.1. The summed E-state index contributed by atoms with van der Waals surface area (Å²) in [6.45, 7) is 1.75. The van der Waals surface area contributed by atoms with E-state index in [1.807, 2.05) is 0 Å². The number of aromatic hydroxyl groups is 1. The summed E-state index contributed by atoms with van der Waals surface area (Å²) in [5.74, 6) is 0.0591. The second-order valence-electron chi connectivity index (χ2n) is 7.68. The predicted octanol–water partition coefficient (Wildman–Crippen LogP) is 3.97. The number of phenolic OH excluding ortho intramolecular Hbond substituents is 1. The lowest BCUT2D eigenvalue weighted by atomic mass is 9.94. The first-order chi connectivity index (χ1) is 14.4. The highest BCUT2D eigenvalue weighted by Gasteiger charge is 2.34. The van der Waals surface area contributed by atoms with Crippen LogP contribution < -0.4 is 0 Å². The molecule has 31 heavy (non-hydrogen) atoms. The molecule has 0 aliphatic carbocycles. The molecule has 0 aliphatic heterocycles. The van der Waals surface area contributed by atoms with Gasteiger partial charge in [0.25, 0.3) is 5.91 Å². The number of amides is 1. The molecule has 9 heteroatoms. The molecular weight excluding hydrogens is 411 g/mol. The molecule has 2 aromatic carbocycles. The molecule has 0 aliphatic rings. The van der Waals surface area contributed by atoms with Gasteiger partial charge in [-0.1, -0.05) is 18.2 Å².